The van der Waals surface area contributed by atoms with Gasteiger partial charge >= 0.3 is 0 Å². The highest BCUT2D eigenvalue weighted by Crippen LogP contribution is 2.47. The summed E-state index contributed by atoms with van der Waals surface area (Å²) in [6, 6.07) is 20.7. The smallest absolute Gasteiger partial charge is 0.281 e. The summed E-state index contributed by atoms with van der Waals surface area (Å²) in [5, 5.41) is 13.5. The zero-order valence-corrected chi connectivity index (χ0v) is 21.5. The SMILES string of the molecule is C[C@@]1(O)c2cc(Cl)ccc2N(C(=O)c2cnc(NC(=O)c3ccccc3-c3ccccc3)cn2)CCC1(F)F. The van der Waals surface area contributed by atoms with Crippen molar-refractivity contribution in [3.05, 3.63) is 107 Å². The summed E-state index contributed by atoms with van der Waals surface area (Å²) in [5.74, 6) is -4.51. The maximum Gasteiger partial charge on any atom is 0.281 e. The fourth-order valence-electron chi connectivity index (χ4n) is 4.53. The van der Waals surface area contributed by atoms with Crippen LogP contribution in [0.2, 0.25) is 5.02 Å². The third kappa shape index (κ3) is 4.98. The largest absolute Gasteiger partial charge is 0.379 e. The Morgan fingerprint density at radius 2 is 1.72 bits per heavy atom. The predicted molar refractivity (Wildman–Crippen MR) is 144 cm³/mol. The third-order valence-electron chi connectivity index (χ3n) is 6.75. The normalized spacial score (nSPS) is 18.1. The molecule has 0 fully saturated rings. The zero-order valence-electron chi connectivity index (χ0n) is 20.7. The van der Waals surface area contributed by atoms with Crippen LogP contribution in [0.4, 0.5) is 20.3 Å². The fraction of sp³-hybridized carbons (Fsp3) is 0.172. The van der Waals surface area contributed by atoms with Crippen LogP contribution in [0.25, 0.3) is 11.1 Å². The van der Waals surface area contributed by atoms with Gasteiger partial charge in [0.1, 0.15) is 5.69 Å². The lowest BCUT2D eigenvalue weighted by Crippen LogP contribution is -2.42. The minimum atomic E-state index is -3.52. The number of anilines is 2. The molecule has 0 bridgehead atoms. The van der Waals surface area contributed by atoms with Gasteiger partial charge in [0.2, 0.25) is 0 Å². The molecule has 0 spiro atoms. The second kappa shape index (κ2) is 10.2. The highest BCUT2D eigenvalue weighted by Gasteiger charge is 2.53. The highest BCUT2D eigenvalue weighted by molar-refractivity contribution is 6.30. The van der Waals surface area contributed by atoms with Gasteiger partial charge in [-0.25, -0.2) is 18.7 Å². The summed E-state index contributed by atoms with van der Waals surface area (Å²) < 4.78 is 29.7. The van der Waals surface area contributed by atoms with Gasteiger partial charge in [-0.3, -0.25) is 9.59 Å². The van der Waals surface area contributed by atoms with E-state index in [0.29, 0.717) is 5.56 Å². The lowest BCUT2D eigenvalue weighted by Gasteiger charge is -2.31. The van der Waals surface area contributed by atoms with Crippen LogP contribution in [0.15, 0.2) is 85.2 Å². The van der Waals surface area contributed by atoms with E-state index in [1.165, 1.54) is 24.4 Å². The first kappa shape index (κ1) is 26.4. The molecule has 3 aromatic carbocycles. The number of benzene rings is 3. The van der Waals surface area contributed by atoms with Gasteiger partial charge in [0.05, 0.1) is 18.1 Å². The summed E-state index contributed by atoms with van der Waals surface area (Å²) >= 11 is 6.03. The Morgan fingerprint density at radius 3 is 2.44 bits per heavy atom. The molecule has 0 saturated carbocycles. The zero-order chi connectivity index (χ0) is 27.8. The highest BCUT2D eigenvalue weighted by atomic mass is 35.5. The molecule has 1 aliphatic rings. The Bertz CT molecular complexity index is 1550. The molecular weight excluding hydrogens is 526 g/mol. The molecule has 2 N–H and O–H groups in total. The van der Waals surface area contributed by atoms with E-state index in [1.807, 2.05) is 42.5 Å². The number of alkyl halides is 2. The van der Waals surface area contributed by atoms with Crippen LogP contribution < -0.4 is 10.2 Å². The van der Waals surface area contributed by atoms with Gasteiger partial charge in [0.15, 0.2) is 11.4 Å². The van der Waals surface area contributed by atoms with Gasteiger partial charge in [0, 0.05) is 29.1 Å². The van der Waals surface area contributed by atoms with Crippen molar-refractivity contribution >= 4 is 34.9 Å². The van der Waals surface area contributed by atoms with E-state index in [-0.39, 0.29) is 34.3 Å². The molecular formula is C29H23ClF2N4O3. The van der Waals surface area contributed by atoms with E-state index in [2.05, 4.69) is 15.3 Å². The van der Waals surface area contributed by atoms with Crippen molar-refractivity contribution < 1.29 is 23.5 Å². The first-order chi connectivity index (χ1) is 18.6. The lowest BCUT2D eigenvalue weighted by molar-refractivity contribution is -0.177. The maximum absolute atomic E-state index is 14.8. The van der Waals surface area contributed by atoms with Gasteiger partial charge in [-0.15, -0.1) is 0 Å². The molecule has 2 heterocycles. The Hall–Kier alpha value is -4.21. The molecule has 1 atom stereocenters. The van der Waals surface area contributed by atoms with Gasteiger partial charge in [0.25, 0.3) is 17.7 Å². The summed E-state index contributed by atoms with van der Waals surface area (Å²) in [4.78, 5) is 35.8. The van der Waals surface area contributed by atoms with Crippen LogP contribution in [0.5, 0.6) is 0 Å². The molecule has 1 aliphatic heterocycles. The van der Waals surface area contributed by atoms with Crippen LogP contribution >= 0.6 is 11.6 Å². The first-order valence-corrected chi connectivity index (χ1v) is 12.5. The van der Waals surface area contributed by atoms with Crippen LogP contribution in [-0.4, -0.2) is 39.4 Å². The first-order valence-electron chi connectivity index (χ1n) is 12.1. The summed E-state index contributed by atoms with van der Waals surface area (Å²) in [5.41, 5.74) is -0.690. The minimum Gasteiger partial charge on any atom is -0.379 e. The van der Waals surface area contributed by atoms with Gasteiger partial charge in [-0.05, 0) is 42.3 Å². The fourth-order valence-corrected chi connectivity index (χ4v) is 4.71. The monoisotopic (exact) mass is 548 g/mol. The van der Waals surface area contributed by atoms with Gasteiger partial charge in [-0.2, -0.15) is 0 Å². The maximum atomic E-state index is 14.8. The molecule has 0 aliphatic carbocycles. The standard InChI is InChI=1S/C29H23ClF2N4O3/c1-28(39)22-15-19(30)11-12-24(22)36(14-13-29(28,31)32)27(38)23-16-34-25(17-33-23)35-26(37)21-10-6-5-9-20(21)18-7-3-2-4-8-18/h2-12,15-17,39H,13-14H2,1H3,(H,34,35,37)/t28-/m1/s1. The van der Waals surface area contributed by atoms with Crippen molar-refractivity contribution in [3.8, 4) is 11.1 Å². The van der Waals surface area contributed by atoms with Crippen LogP contribution in [0.1, 0.15) is 39.8 Å². The number of rotatable bonds is 4. The molecule has 0 unspecified atom stereocenters. The topological polar surface area (TPSA) is 95.4 Å². The van der Waals surface area contributed by atoms with Crippen molar-refractivity contribution in [2.45, 2.75) is 24.9 Å². The molecule has 7 nitrogen and oxygen atoms in total. The van der Waals surface area contributed by atoms with E-state index in [9.17, 15) is 23.5 Å². The van der Waals surface area contributed by atoms with E-state index in [4.69, 9.17) is 11.6 Å². The predicted octanol–water partition coefficient (Wildman–Crippen LogP) is 5.94. The van der Waals surface area contributed by atoms with Gasteiger partial charge in [-0.1, -0.05) is 60.1 Å². The second-order valence-corrected chi connectivity index (χ2v) is 9.73. The molecule has 1 aromatic heterocycles. The third-order valence-corrected chi connectivity index (χ3v) is 6.98. The number of nitrogens with one attached hydrogen (secondary N) is 1. The number of fused-ring (bicyclic) bond motifs is 1. The molecule has 0 saturated heterocycles. The summed E-state index contributed by atoms with van der Waals surface area (Å²) in [6.07, 6.45) is 1.61. The Balaban J connectivity index is 1.39. The van der Waals surface area contributed by atoms with Crippen molar-refractivity contribution in [2.24, 2.45) is 0 Å². The summed E-state index contributed by atoms with van der Waals surface area (Å²) in [6.45, 7) is 0.635. The van der Waals surface area contributed by atoms with Crippen molar-refractivity contribution in [2.75, 3.05) is 16.8 Å². The van der Waals surface area contributed by atoms with Gasteiger partial charge < -0.3 is 15.3 Å². The molecule has 10 heteroatoms. The van der Waals surface area contributed by atoms with Crippen molar-refractivity contribution in [1.29, 1.82) is 0 Å². The minimum absolute atomic E-state index is 0.100. The van der Waals surface area contributed by atoms with Crippen LogP contribution in [0, 0.1) is 0 Å². The number of carbonyl (C=O) groups excluding carboxylic acids is 2. The average Bonchev–Trinajstić information content (AvgIpc) is 3.01. The molecule has 0 radical (unpaired) electrons. The van der Waals surface area contributed by atoms with Crippen LogP contribution in [-0.2, 0) is 5.60 Å². The Labute approximate surface area is 228 Å². The lowest BCUT2D eigenvalue weighted by atomic mass is 9.87. The number of amides is 2. The quantitative estimate of drug-likeness (QED) is 0.329. The van der Waals surface area contributed by atoms with E-state index in [1.54, 1.807) is 12.1 Å². The van der Waals surface area contributed by atoms with E-state index in [0.717, 1.165) is 29.1 Å². The molecule has 4 aromatic rings. The Kier molecular flexibility index (Phi) is 6.88. The van der Waals surface area contributed by atoms with Crippen LogP contribution in [0.3, 0.4) is 0 Å². The van der Waals surface area contributed by atoms with E-state index < -0.39 is 29.8 Å². The number of aromatic nitrogens is 2. The number of hydrogen-bond donors (Lipinski definition) is 2. The number of carbonyl (C=O) groups is 2. The summed E-state index contributed by atoms with van der Waals surface area (Å²) in [7, 11) is 0. The molecule has 5 rings (SSSR count). The number of halogens is 3. The van der Waals surface area contributed by atoms with E-state index >= 15 is 0 Å². The van der Waals surface area contributed by atoms with Crippen molar-refractivity contribution in [3.63, 3.8) is 0 Å². The molecule has 2 amide bonds. The number of hydrogen-bond acceptors (Lipinski definition) is 5. The van der Waals surface area contributed by atoms with Crippen molar-refractivity contribution in [1.82, 2.24) is 9.97 Å². The number of nitrogens with zero attached hydrogens (tertiary/aromatic N) is 3. The average molecular weight is 549 g/mol. The molecule has 39 heavy (non-hydrogen) atoms. The number of aliphatic hydroxyl groups is 1. The second-order valence-electron chi connectivity index (χ2n) is 9.30. The molecule has 198 valence electrons. The Morgan fingerprint density at radius 1 is 1.00 bits per heavy atom.